The Morgan fingerprint density at radius 1 is 1.09 bits per heavy atom. The predicted molar refractivity (Wildman–Crippen MR) is 133 cm³/mol. The minimum absolute atomic E-state index is 0.0118. The van der Waals surface area contributed by atoms with Gasteiger partial charge in [0.1, 0.15) is 11.4 Å². The SMILES string of the molecule is CSc1nc(C)c(CCC(=O)OCC(=O)c2c(N)n(Cc3ccccc3)c(=O)n(C)c2=O)c(C)n1. The molecule has 1 aromatic carbocycles. The number of rotatable bonds is 9. The molecule has 2 aromatic heterocycles. The molecule has 2 heterocycles. The molecular formula is C24H27N5O5S. The third-order valence-electron chi connectivity index (χ3n) is 5.57. The number of anilines is 1. The topological polar surface area (TPSA) is 139 Å². The van der Waals surface area contributed by atoms with Crippen molar-refractivity contribution in [1.29, 1.82) is 0 Å². The second-order valence-corrected chi connectivity index (χ2v) is 8.70. The van der Waals surface area contributed by atoms with E-state index in [0.29, 0.717) is 11.6 Å². The molecule has 0 aliphatic heterocycles. The molecule has 11 heteroatoms. The summed E-state index contributed by atoms with van der Waals surface area (Å²) in [4.78, 5) is 59.1. The summed E-state index contributed by atoms with van der Waals surface area (Å²) in [6.07, 6.45) is 2.25. The zero-order valence-corrected chi connectivity index (χ0v) is 20.8. The van der Waals surface area contributed by atoms with Gasteiger partial charge in [0.25, 0.3) is 5.56 Å². The number of carbonyl (C=O) groups excluding carboxylic acids is 2. The van der Waals surface area contributed by atoms with E-state index in [1.54, 1.807) is 24.3 Å². The van der Waals surface area contributed by atoms with E-state index in [0.717, 1.165) is 31.6 Å². The second-order valence-electron chi connectivity index (χ2n) is 7.92. The number of nitrogens with zero attached hydrogens (tertiary/aromatic N) is 4. The highest BCUT2D eigenvalue weighted by atomic mass is 32.2. The summed E-state index contributed by atoms with van der Waals surface area (Å²) in [6.45, 7) is 3.11. The summed E-state index contributed by atoms with van der Waals surface area (Å²) in [5.74, 6) is -1.65. The van der Waals surface area contributed by atoms with Crippen LogP contribution in [-0.4, -0.2) is 43.7 Å². The Balaban J connectivity index is 1.73. The molecule has 0 bridgehead atoms. The van der Waals surface area contributed by atoms with Crippen LogP contribution in [-0.2, 0) is 29.5 Å². The summed E-state index contributed by atoms with van der Waals surface area (Å²) in [6, 6.07) is 9.02. The third kappa shape index (κ3) is 5.86. The van der Waals surface area contributed by atoms with Crippen LogP contribution >= 0.6 is 11.8 Å². The molecule has 2 N–H and O–H groups in total. The minimum atomic E-state index is -0.838. The Morgan fingerprint density at radius 3 is 2.31 bits per heavy atom. The van der Waals surface area contributed by atoms with E-state index >= 15 is 0 Å². The monoisotopic (exact) mass is 497 g/mol. The van der Waals surface area contributed by atoms with Crippen molar-refractivity contribution in [1.82, 2.24) is 19.1 Å². The van der Waals surface area contributed by atoms with Crippen molar-refractivity contribution in [3.63, 3.8) is 0 Å². The molecule has 184 valence electrons. The molecule has 0 unspecified atom stereocenters. The van der Waals surface area contributed by atoms with Gasteiger partial charge >= 0.3 is 11.7 Å². The lowest BCUT2D eigenvalue weighted by Gasteiger charge is -2.15. The van der Waals surface area contributed by atoms with Gasteiger partial charge < -0.3 is 10.5 Å². The number of aromatic nitrogens is 4. The van der Waals surface area contributed by atoms with Gasteiger partial charge in [-0.2, -0.15) is 0 Å². The van der Waals surface area contributed by atoms with Gasteiger partial charge in [0.05, 0.1) is 6.54 Å². The summed E-state index contributed by atoms with van der Waals surface area (Å²) in [7, 11) is 1.27. The summed E-state index contributed by atoms with van der Waals surface area (Å²) >= 11 is 1.43. The van der Waals surface area contributed by atoms with Crippen molar-refractivity contribution < 1.29 is 14.3 Å². The molecule has 10 nitrogen and oxygen atoms in total. The number of benzene rings is 1. The van der Waals surface area contributed by atoms with Crippen LogP contribution in [0.3, 0.4) is 0 Å². The molecule has 0 radical (unpaired) electrons. The van der Waals surface area contributed by atoms with Crippen LogP contribution in [0.5, 0.6) is 0 Å². The van der Waals surface area contributed by atoms with Gasteiger partial charge in [-0.25, -0.2) is 14.8 Å². The fraction of sp³-hybridized carbons (Fsp3) is 0.333. The van der Waals surface area contributed by atoms with Crippen molar-refractivity contribution in [2.75, 3.05) is 18.6 Å². The van der Waals surface area contributed by atoms with Crippen LogP contribution in [0.25, 0.3) is 0 Å². The van der Waals surface area contributed by atoms with Crippen LogP contribution in [0.4, 0.5) is 5.82 Å². The summed E-state index contributed by atoms with van der Waals surface area (Å²) in [5.41, 5.74) is 7.38. The molecule has 0 spiro atoms. The smallest absolute Gasteiger partial charge is 0.332 e. The van der Waals surface area contributed by atoms with Gasteiger partial charge in [-0.3, -0.25) is 23.5 Å². The highest BCUT2D eigenvalue weighted by Gasteiger charge is 2.23. The summed E-state index contributed by atoms with van der Waals surface area (Å²) in [5, 5.41) is 0.657. The van der Waals surface area contributed by atoms with E-state index in [4.69, 9.17) is 10.5 Å². The molecule has 35 heavy (non-hydrogen) atoms. The Kier molecular flexibility index (Phi) is 8.23. The average Bonchev–Trinajstić information content (AvgIpc) is 2.84. The van der Waals surface area contributed by atoms with E-state index in [1.807, 2.05) is 26.2 Å². The second kappa shape index (κ2) is 11.1. The van der Waals surface area contributed by atoms with E-state index in [1.165, 1.54) is 18.8 Å². The van der Waals surface area contributed by atoms with E-state index in [9.17, 15) is 19.2 Å². The van der Waals surface area contributed by atoms with Gasteiger partial charge in [0.15, 0.2) is 11.8 Å². The maximum Gasteiger partial charge on any atom is 0.332 e. The maximum absolute atomic E-state index is 12.8. The van der Waals surface area contributed by atoms with Gasteiger partial charge in [-0.15, -0.1) is 0 Å². The van der Waals surface area contributed by atoms with Crippen molar-refractivity contribution >= 4 is 29.3 Å². The quantitative estimate of drug-likeness (QED) is 0.202. The Hall–Kier alpha value is -3.73. The fourth-order valence-corrected chi connectivity index (χ4v) is 4.10. The van der Waals surface area contributed by atoms with E-state index < -0.39 is 29.6 Å². The molecule has 3 aromatic rings. The molecule has 3 rings (SSSR count). The molecule has 0 saturated heterocycles. The van der Waals surface area contributed by atoms with Gasteiger partial charge in [0.2, 0.25) is 5.78 Å². The van der Waals surface area contributed by atoms with Crippen molar-refractivity contribution in [2.24, 2.45) is 7.05 Å². The largest absolute Gasteiger partial charge is 0.457 e. The number of aryl methyl sites for hydroxylation is 2. The normalized spacial score (nSPS) is 10.9. The fourth-order valence-electron chi connectivity index (χ4n) is 3.64. The minimum Gasteiger partial charge on any atom is -0.457 e. The van der Waals surface area contributed by atoms with Gasteiger partial charge in [0, 0.05) is 24.9 Å². The van der Waals surface area contributed by atoms with Crippen LogP contribution in [0, 0.1) is 13.8 Å². The molecule has 0 saturated carbocycles. The lowest BCUT2D eigenvalue weighted by Crippen LogP contribution is -2.43. The van der Waals surface area contributed by atoms with E-state index in [2.05, 4.69) is 9.97 Å². The molecule has 0 aliphatic carbocycles. The first-order valence-electron chi connectivity index (χ1n) is 10.8. The van der Waals surface area contributed by atoms with Crippen LogP contribution in [0.15, 0.2) is 45.1 Å². The average molecular weight is 498 g/mol. The predicted octanol–water partition coefficient (Wildman–Crippen LogP) is 1.66. The first-order chi connectivity index (χ1) is 16.6. The number of nitrogens with two attached hydrogens (primary N) is 1. The van der Waals surface area contributed by atoms with Gasteiger partial charge in [-0.05, 0) is 37.7 Å². The van der Waals surface area contributed by atoms with Crippen LogP contribution in [0.1, 0.15) is 39.3 Å². The lowest BCUT2D eigenvalue weighted by molar-refractivity contribution is -0.142. The van der Waals surface area contributed by atoms with E-state index in [-0.39, 0.29) is 24.3 Å². The number of thioether (sulfide) groups is 1. The first-order valence-corrected chi connectivity index (χ1v) is 12.1. The highest BCUT2D eigenvalue weighted by molar-refractivity contribution is 7.98. The lowest BCUT2D eigenvalue weighted by atomic mass is 10.1. The van der Waals surface area contributed by atoms with Gasteiger partial charge in [-0.1, -0.05) is 42.1 Å². The third-order valence-corrected chi connectivity index (χ3v) is 6.12. The number of esters is 1. The number of hydrogen-bond acceptors (Lipinski definition) is 9. The standard InChI is InChI=1S/C24H27N5O5S/c1-14-17(15(2)27-23(26-14)35-4)10-11-19(31)34-13-18(30)20-21(25)29(24(33)28(3)22(20)32)12-16-8-6-5-7-9-16/h5-9H,10-13,25H2,1-4H3. The van der Waals surface area contributed by atoms with Crippen molar-refractivity contribution in [3.8, 4) is 0 Å². The highest BCUT2D eigenvalue weighted by Crippen LogP contribution is 2.17. The van der Waals surface area contributed by atoms with Crippen LogP contribution in [0.2, 0.25) is 0 Å². The van der Waals surface area contributed by atoms with Crippen molar-refractivity contribution in [2.45, 2.75) is 38.4 Å². The van der Waals surface area contributed by atoms with Crippen molar-refractivity contribution in [3.05, 3.63) is 79.2 Å². The number of Topliss-reactive ketones (excluding diaryl/α,β-unsaturated/α-hetero) is 1. The molecule has 0 fully saturated rings. The molecule has 0 atom stereocenters. The molecule has 0 amide bonds. The Bertz CT molecular complexity index is 1360. The number of hydrogen-bond donors (Lipinski definition) is 1. The molecular weight excluding hydrogens is 470 g/mol. The number of ketones is 1. The number of nitrogen functional groups attached to an aromatic ring is 1. The Labute approximate surface area is 206 Å². The number of ether oxygens (including phenoxy) is 1. The first kappa shape index (κ1) is 25.9. The Morgan fingerprint density at radius 2 is 1.71 bits per heavy atom. The zero-order valence-electron chi connectivity index (χ0n) is 20.0. The summed E-state index contributed by atoms with van der Waals surface area (Å²) < 4.78 is 7.08. The van der Waals surface area contributed by atoms with Crippen LogP contribution < -0.4 is 17.0 Å². The zero-order chi connectivity index (χ0) is 25.7. The number of carbonyl (C=O) groups is 2. The molecule has 0 aliphatic rings. The maximum atomic E-state index is 12.8.